The van der Waals surface area contributed by atoms with E-state index in [0.29, 0.717) is 0 Å². The molecule has 0 aromatic heterocycles. The van der Waals surface area contributed by atoms with E-state index in [9.17, 15) is 8.42 Å². The van der Waals surface area contributed by atoms with Crippen molar-refractivity contribution in [3.05, 3.63) is 146 Å². The van der Waals surface area contributed by atoms with Gasteiger partial charge in [-0.15, -0.1) is 0 Å². The Labute approximate surface area is 244 Å². The van der Waals surface area contributed by atoms with Gasteiger partial charge in [-0.3, -0.25) is 0 Å². The Bertz CT molecular complexity index is 654. The lowest BCUT2D eigenvalue weighted by molar-refractivity contribution is 0.607. The van der Waals surface area contributed by atoms with Crippen molar-refractivity contribution in [2.75, 3.05) is 12.5 Å². The summed E-state index contributed by atoms with van der Waals surface area (Å²) in [5.74, 6) is 0. The maximum absolute atomic E-state index is 9.63. The van der Waals surface area contributed by atoms with Crippen molar-refractivity contribution in [2.24, 2.45) is 0 Å². The molecule has 4 aromatic carbocycles. The monoisotopic (exact) mass is 554 g/mol. The summed E-state index contributed by atoms with van der Waals surface area (Å²) in [7, 11) is -2.67. The number of benzene rings is 4. The average Bonchev–Trinajstić information content (AvgIpc) is 3.00. The van der Waals surface area contributed by atoms with E-state index in [1.165, 1.54) is 12.8 Å². The van der Waals surface area contributed by atoms with Crippen LogP contribution in [0, 0.1) is 0 Å². The van der Waals surface area contributed by atoms with E-state index in [0.717, 1.165) is 12.5 Å². The first-order chi connectivity index (χ1) is 18.8. The van der Waals surface area contributed by atoms with Gasteiger partial charge in [0.05, 0.1) is 0 Å². The summed E-state index contributed by atoms with van der Waals surface area (Å²) in [6.45, 7) is 16.5. The molecule has 0 amide bonds. The van der Waals surface area contributed by atoms with E-state index in [1.54, 1.807) is 0 Å². The molecule has 4 aromatic rings. The number of hydrogen-bond acceptors (Lipinski definition) is 2. The Morgan fingerprint density at radius 1 is 0.308 bits per heavy atom. The topological polar surface area (TPSA) is 34.1 Å². The van der Waals surface area contributed by atoms with E-state index < -0.39 is 9.84 Å². The molecule has 0 fully saturated rings. The first-order valence-corrected chi connectivity index (χ1v) is 16.3. The zero-order valence-electron chi connectivity index (χ0n) is 26.5. The maximum atomic E-state index is 9.63. The van der Waals surface area contributed by atoms with Gasteiger partial charge in [0.15, 0.2) is 0 Å². The highest BCUT2D eigenvalue weighted by Crippen LogP contribution is 1.81. The van der Waals surface area contributed by atoms with Gasteiger partial charge in [-0.1, -0.05) is 214 Å². The molecule has 3 heteroatoms. The standard InChI is InChI=1S/4C6H6.2C3H8.C2H6O2S.2C2H6/c4*1-2-4-6-5-3-1;2*1-3-2;1-5(2,3)4;2*1-2/h4*1-6H;2*3H2,1-2H3;1-2H3;2*1-2H3. The molecular weight excluding hydrogens is 496 g/mol. The molecule has 39 heavy (non-hydrogen) atoms. The third-order valence-corrected chi connectivity index (χ3v) is 2.67. The van der Waals surface area contributed by atoms with Crippen LogP contribution in [-0.4, -0.2) is 20.9 Å². The summed E-state index contributed by atoms with van der Waals surface area (Å²) in [5, 5.41) is 0. The van der Waals surface area contributed by atoms with Crippen molar-refractivity contribution in [3.8, 4) is 0 Å². The summed E-state index contributed by atoms with van der Waals surface area (Å²) >= 11 is 0. The third-order valence-electron chi connectivity index (χ3n) is 2.67. The minimum Gasteiger partial charge on any atom is -0.229 e. The molecule has 2 nitrogen and oxygen atoms in total. The van der Waals surface area contributed by atoms with E-state index in [4.69, 9.17) is 0 Å². The first kappa shape index (κ1) is 45.7. The van der Waals surface area contributed by atoms with Crippen LogP contribution in [0.4, 0.5) is 0 Å². The molecular formula is C36H58O2S. The van der Waals surface area contributed by atoms with E-state index >= 15 is 0 Å². The third kappa shape index (κ3) is 86.5. The largest absolute Gasteiger partial charge is 0.229 e. The van der Waals surface area contributed by atoms with Crippen LogP contribution in [0.25, 0.3) is 0 Å². The van der Waals surface area contributed by atoms with E-state index in [1.807, 2.05) is 173 Å². The Balaban J connectivity index is -0.000000114. The minimum atomic E-state index is -2.67. The van der Waals surface area contributed by atoms with Crippen LogP contribution in [0.3, 0.4) is 0 Å². The zero-order valence-corrected chi connectivity index (χ0v) is 27.3. The molecule has 4 rings (SSSR count). The van der Waals surface area contributed by atoms with E-state index in [2.05, 4.69) is 27.7 Å². The smallest absolute Gasteiger partial charge is 0.144 e. The Morgan fingerprint density at radius 3 is 0.359 bits per heavy atom. The van der Waals surface area contributed by atoms with Gasteiger partial charge in [0, 0.05) is 12.5 Å². The summed E-state index contributed by atoms with van der Waals surface area (Å²) < 4.78 is 19.3. The number of rotatable bonds is 0. The Hall–Kier alpha value is -3.17. The van der Waals surface area contributed by atoms with Gasteiger partial charge < -0.3 is 0 Å². The lowest BCUT2D eigenvalue weighted by Crippen LogP contribution is -1.86. The van der Waals surface area contributed by atoms with Gasteiger partial charge >= 0.3 is 0 Å². The molecule has 0 N–H and O–H groups in total. The van der Waals surface area contributed by atoms with E-state index in [-0.39, 0.29) is 0 Å². The molecule has 220 valence electrons. The lowest BCUT2D eigenvalue weighted by Gasteiger charge is -1.69. The van der Waals surface area contributed by atoms with Crippen molar-refractivity contribution >= 4 is 9.84 Å². The van der Waals surface area contributed by atoms with Gasteiger partial charge in [0.1, 0.15) is 9.84 Å². The summed E-state index contributed by atoms with van der Waals surface area (Å²) in [6, 6.07) is 48.0. The molecule has 0 aliphatic carbocycles. The second kappa shape index (κ2) is 48.0. The molecule has 0 saturated heterocycles. The van der Waals surface area contributed by atoms with Gasteiger partial charge in [0.2, 0.25) is 0 Å². The summed E-state index contributed by atoms with van der Waals surface area (Å²) in [6.07, 6.45) is 4.82. The molecule has 0 aliphatic heterocycles. The SMILES string of the molecule is CC.CC.CCC.CCC.CS(C)(=O)=O.c1ccccc1.c1ccccc1.c1ccccc1.c1ccccc1. The van der Waals surface area contributed by atoms with Gasteiger partial charge in [-0.25, -0.2) is 8.42 Å². The molecule has 0 spiro atoms. The minimum absolute atomic E-state index is 1.16. The predicted molar refractivity (Wildman–Crippen MR) is 181 cm³/mol. The quantitative estimate of drug-likeness (QED) is 0.217. The molecule has 0 bridgehead atoms. The van der Waals surface area contributed by atoms with Gasteiger partial charge in [0.25, 0.3) is 0 Å². The van der Waals surface area contributed by atoms with Crippen LogP contribution < -0.4 is 0 Å². The Kier molecular flexibility index (Phi) is 56.2. The van der Waals surface area contributed by atoms with Crippen molar-refractivity contribution in [1.82, 2.24) is 0 Å². The number of hydrogen-bond donors (Lipinski definition) is 0. The fraction of sp³-hybridized carbons (Fsp3) is 0.333. The summed E-state index contributed by atoms with van der Waals surface area (Å²) in [4.78, 5) is 0. The van der Waals surface area contributed by atoms with Crippen LogP contribution in [0.2, 0.25) is 0 Å². The second-order valence-corrected chi connectivity index (χ2v) is 9.46. The second-order valence-electron chi connectivity index (χ2n) is 7.18. The van der Waals surface area contributed by atoms with Gasteiger partial charge in [-0.05, 0) is 0 Å². The highest BCUT2D eigenvalue weighted by atomic mass is 32.2. The highest BCUT2D eigenvalue weighted by Gasteiger charge is 1.79. The lowest BCUT2D eigenvalue weighted by atomic mass is 10.4. The molecule has 0 radical (unpaired) electrons. The van der Waals surface area contributed by atoms with Crippen LogP contribution in [0.5, 0.6) is 0 Å². The van der Waals surface area contributed by atoms with Crippen LogP contribution in [0.1, 0.15) is 68.2 Å². The van der Waals surface area contributed by atoms with Crippen molar-refractivity contribution in [3.63, 3.8) is 0 Å². The van der Waals surface area contributed by atoms with Gasteiger partial charge in [-0.2, -0.15) is 0 Å². The number of sulfone groups is 1. The molecule has 0 aliphatic rings. The fourth-order valence-corrected chi connectivity index (χ4v) is 1.54. The fourth-order valence-electron chi connectivity index (χ4n) is 1.54. The zero-order chi connectivity index (χ0) is 30.9. The van der Waals surface area contributed by atoms with Crippen LogP contribution in [0.15, 0.2) is 146 Å². The predicted octanol–water partition coefficient (Wildman–Crippen LogP) is 11.3. The maximum Gasteiger partial charge on any atom is 0.144 e. The van der Waals surface area contributed by atoms with Crippen molar-refractivity contribution in [2.45, 2.75) is 68.2 Å². The molecule has 0 saturated carbocycles. The van der Waals surface area contributed by atoms with Crippen molar-refractivity contribution in [1.29, 1.82) is 0 Å². The average molecular weight is 555 g/mol. The molecule has 0 heterocycles. The normalized spacial score (nSPS) is 7.64. The van der Waals surface area contributed by atoms with Crippen LogP contribution in [-0.2, 0) is 9.84 Å². The Morgan fingerprint density at radius 2 is 0.333 bits per heavy atom. The highest BCUT2D eigenvalue weighted by molar-refractivity contribution is 7.89. The first-order valence-electron chi connectivity index (χ1n) is 14.0. The van der Waals surface area contributed by atoms with Crippen LogP contribution >= 0.6 is 0 Å². The molecule has 0 unspecified atom stereocenters. The van der Waals surface area contributed by atoms with Crippen molar-refractivity contribution < 1.29 is 8.42 Å². The summed E-state index contributed by atoms with van der Waals surface area (Å²) in [5.41, 5.74) is 0. The molecule has 0 atom stereocenters.